The Morgan fingerprint density at radius 1 is 0.882 bits per heavy atom. The zero-order valence-electron chi connectivity index (χ0n) is 12.7. The Hall–Kier alpha value is 2.49. The molecule has 0 amide bonds. The van der Waals surface area contributed by atoms with Crippen molar-refractivity contribution in [3.63, 3.8) is 0 Å². The van der Waals surface area contributed by atoms with Crippen molar-refractivity contribution in [3.8, 4) is 0 Å². The van der Waals surface area contributed by atoms with E-state index in [1.165, 1.54) is 11.1 Å². The largest absolute Gasteiger partial charge is 1.00 e. The van der Waals surface area contributed by atoms with Crippen LogP contribution in [-0.4, -0.2) is 0 Å². The minimum absolute atomic E-state index is 0. The van der Waals surface area contributed by atoms with Gasteiger partial charge in [-0.25, -0.2) is 0 Å². The second-order valence-corrected chi connectivity index (χ2v) is 6.26. The monoisotopic (exact) mass is 278 g/mol. The number of rotatable bonds is 0. The Balaban J connectivity index is 0.00000128. The summed E-state index contributed by atoms with van der Waals surface area (Å²) in [6.07, 6.45) is 0. The molecule has 82 valence electrons. The van der Waals surface area contributed by atoms with Crippen molar-refractivity contribution in [2.24, 2.45) is 5.41 Å². The Morgan fingerprint density at radius 3 is 1.88 bits per heavy atom. The van der Waals surface area contributed by atoms with Crippen LogP contribution in [0.2, 0.25) is 0 Å². The molecule has 2 heteroatoms. The summed E-state index contributed by atoms with van der Waals surface area (Å²) in [7, 11) is 0. The fraction of sp³-hybridized carbons (Fsp3) is 0.600. The first-order valence-corrected chi connectivity index (χ1v) is 5.65. The summed E-state index contributed by atoms with van der Waals surface area (Å²) in [6.45, 7) is 14.1. The fourth-order valence-corrected chi connectivity index (χ4v) is 2.83. The van der Waals surface area contributed by atoms with E-state index in [-0.39, 0.29) is 119 Å². The second kappa shape index (κ2) is 6.09. The first-order chi connectivity index (χ1) is 6.73. The number of hydrogen-bond acceptors (Lipinski definition) is 0. The topological polar surface area (TPSA) is 0 Å². The Morgan fingerprint density at radius 2 is 1.41 bits per heavy atom. The van der Waals surface area contributed by atoms with Crippen LogP contribution in [0.15, 0.2) is 12.1 Å². The molecule has 0 radical (unpaired) electrons. The van der Waals surface area contributed by atoms with Gasteiger partial charge in [-0.2, -0.15) is 0 Å². The molecule has 0 N–H and O–H groups in total. The van der Waals surface area contributed by atoms with Gasteiger partial charge in [-0.3, -0.25) is 17.2 Å². The molecule has 0 fully saturated rings. The molecule has 0 spiro atoms. The van der Waals surface area contributed by atoms with E-state index in [1.807, 2.05) is 6.07 Å². The van der Waals surface area contributed by atoms with Gasteiger partial charge in [-0.15, -0.1) is 0 Å². The van der Waals surface area contributed by atoms with E-state index in [0.717, 1.165) is 0 Å². The molecule has 0 saturated heterocycles. The van der Waals surface area contributed by atoms with Crippen LogP contribution in [0.25, 0.3) is 0 Å². The van der Waals surface area contributed by atoms with E-state index in [4.69, 9.17) is 0 Å². The average molecular weight is 279 g/mol. The minimum Gasteiger partial charge on any atom is -0.359 e. The third-order valence-electron chi connectivity index (χ3n) is 5.22. The summed E-state index contributed by atoms with van der Waals surface area (Å²) >= 11 is 0. The third kappa shape index (κ3) is 2.66. The fourth-order valence-electron chi connectivity index (χ4n) is 2.83. The van der Waals surface area contributed by atoms with E-state index in [0.29, 0.717) is 0 Å². The van der Waals surface area contributed by atoms with Crippen molar-refractivity contribution >= 4 is 0 Å². The van der Waals surface area contributed by atoms with Crippen LogP contribution in [0.5, 0.6) is 0 Å². The summed E-state index contributed by atoms with van der Waals surface area (Å²) in [4.78, 5) is 0. The molecule has 0 saturated carbocycles. The van der Waals surface area contributed by atoms with Crippen molar-refractivity contribution in [3.05, 3.63) is 35.4 Å². The number of benzene rings is 1. The van der Waals surface area contributed by atoms with E-state index in [2.05, 4.69) is 59.7 Å². The average Bonchev–Trinajstić information content (AvgIpc) is 2.26. The summed E-state index contributed by atoms with van der Waals surface area (Å²) < 4.78 is 0. The van der Waals surface area contributed by atoms with E-state index < -0.39 is 0 Å². The molecule has 1 aliphatic carbocycles. The zero-order valence-corrected chi connectivity index (χ0v) is 18.9. The molecule has 0 unspecified atom stereocenters. The van der Waals surface area contributed by atoms with Crippen LogP contribution < -0.4 is 103 Å². The van der Waals surface area contributed by atoms with Gasteiger partial charge in [0.05, 0.1) is 0 Å². The predicted octanol–water partition coefficient (Wildman–Crippen LogP) is -2.11. The smallest absolute Gasteiger partial charge is 0.359 e. The van der Waals surface area contributed by atoms with Crippen LogP contribution >= 0.6 is 0 Å². The minimum atomic E-state index is 0. The van der Waals surface area contributed by atoms with Crippen LogP contribution in [0.4, 0.5) is 0 Å². The van der Waals surface area contributed by atoms with Crippen LogP contribution in [0.3, 0.4) is 0 Å². The summed E-state index contributed by atoms with van der Waals surface area (Å²) in [5.74, 6) is 0. The molecule has 1 aliphatic rings. The Labute approximate surface area is 192 Å². The molecule has 1 aromatic carbocycles. The normalized spacial score (nSPS) is 22.0. The van der Waals surface area contributed by atoms with E-state index in [1.54, 1.807) is 0 Å². The first kappa shape index (κ1) is 19.5. The van der Waals surface area contributed by atoms with Gasteiger partial charge in [0.2, 0.25) is 0 Å². The molecule has 0 nitrogen and oxygen atoms in total. The molecule has 0 heterocycles. The molecule has 0 aliphatic heterocycles. The second-order valence-electron chi connectivity index (χ2n) is 6.26. The SMILES string of the molecule is CC1(C)c2[c-]c[c-]cc2C(C)(C)C1(C)C.[K+].[K+]. The van der Waals surface area contributed by atoms with Gasteiger partial charge in [0.1, 0.15) is 0 Å². The molecule has 0 bridgehead atoms. The van der Waals surface area contributed by atoms with Gasteiger partial charge in [-0.1, -0.05) is 47.0 Å². The van der Waals surface area contributed by atoms with Gasteiger partial charge in [0.25, 0.3) is 0 Å². The molecule has 2 rings (SSSR count). The molecule has 0 atom stereocenters. The van der Waals surface area contributed by atoms with Gasteiger partial charge in [-0.05, 0) is 10.8 Å². The summed E-state index contributed by atoms with van der Waals surface area (Å²) in [5, 5.41) is 0. The quantitative estimate of drug-likeness (QED) is 0.376. The maximum Gasteiger partial charge on any atom is 1.00 e. The van der Waals surface area contributed by atoms with E-state index >= 15 is 0 Å². The summed E-state index contributed by atoms with van der Waals surface area (Å²) in [5.41, 5.74) is 3.41. The zero-order chi connectivity index (χ0) is 11.5. The standard InChI is InChI=1S/C15H20.2K/c1-13(2)11-9-7-8-10-12(11)14(3,4)15(13,5)6;;/h7,10H,1-6H3;;/q-2;2*+1. The molecule has 17 heavy (non-hydrogen) atoms. The molecule has 0 aromatic heterocycles. The first-order valence-electron chi connectivity index (χ1n) is 5.65. The van der Waals surface area contributed by atoms with Crippen LogP contribution in [-0.2, 0) is 10.8 Å². The van der Waals surface area contributed by atoms with Gasteiger partial charge >= 0.3 is 103 Å². The van der Waals surface area contributed by atoms with Crippen molar-refractivity contribution in [2.45, 2.75) is 52.4 Å². The van der Waals surface area contributed by atoms with Gasteiger partial charge < -0.3 is 18.2 Å². The molecule has 1 aromatic rings. The Kier molecular flexibility index (Phi) is 6.98. The third-order valence-corrected chi connectivity index (χ3v) is 5.22. The predicted molar refractivity (Wildman–Crippen MR) is 63.9 cm³/mol. The summed E-state index contributed by atoms with van der Waals surface area (Å²) in [6, 6.07) is 10.6. The van der Waals surface area contributed by atoms with Crippen molar-refractivity contribution in [1.82, 2.24) is 0 Å². The maximum absolute atomic E-state index is 3.39. The number of fused-ring (bicyclic) bond motifs is 1. The maximum atomic E-state index is 3.39. The van der Waals surface area contributed by atoms with Gasteiger partial charge in [0, 0.05) is 0 Å². The molecular weight excluding hydrogens is 258 g/mol. The molecular formula is C15H20K2. The number of hydrogen-bond donors (Lipinski definition) is 0. The Bertz CT molecular complexity index is 366. The van der Waals surface area contributed by atoms with Crippen molar-refractivity contribution in [2.75, 3.05) is 0 Å². The van der Waals surface area contributed by atoms with Gasteiger partial charge in [0.15, 0.2) is 0 Å². The van der Waals surface area contributed by atoms with Crippen LogP contribution in [0.1, 0.15) is 52.7 Å². The van der Waals surface area contributed by atoms with Crippen molar-refractivity contribution in [1.29, 1.82) is 0 Å². The van der Waals surface area contributed by atoms with Crippen LogP contribution in [0, 0.1) is 17.5 Å². The van der Waals surface area contributed by atoms with Crippen molar-refractivity contribution < 1.29 is 103 Å². The van der Waals surface area contributed by atoms with E-state index in [9.17, 15) is 0 Å².